The molecule has 0 atom stereocenters. The predicted octanol–water partition coefficient (Wildman–Crippen LogP) is 2.32. The summed E-state index contributed by atoms with van der Waals surface area (Å²) < 4.78 is 46.3. The Morgan fingerprint density at radius 2 is 1.46 bits per heavy atom. The fourth-order valence-corrected chi connectivity index (χ4v) is 3.33. The SMILES string of the molecule is COc1cc(COC(=O)c2ccc(S(=O)(=O)N(C)C)cc2)cc(OC)c1OC. The number of nitrogens with zero attached hydrogens (tertiary/aromatic N) is 1. The maximum Gasteiger partial charge on any atom is 0.338 e. The Bertz CT molecular complexity index is 912. The molecule has 0 aromatic heterocycles. The van der Waals surface area contributed by atoms with E-state index in [0.717, 1.165) is 4.31 Å². The highest BCUT2D eigenvalue weighted by atomic mass is 32.2. The number of benzene rings is 2. The molecule has 0 heterocycles. The van der Waals surface area contributed by atoms with E-state index in [9.17, 15) is 13.2 Å². The van der Waals surface area contributed by atoms with Crippen molar-refractivity contribution in [3.8, 4) is 17.2 Å². The van der Waals surface area contributed by atoms with Gasteiger partial charge in [-0.2, -0.15) is 0 Å². The second-order valence-electron chi connectivity index (χ2n) is 5.92. The second kappa shape index (κ2) is 8.94. The van der Waals surface area contributed by atoms with Gasteiger partial charge in [-0.15, -0.1) is 0 Å². The monoisotopic (exact) mass is 409 g/mol. The van der Waals surface area contributed by atoms with Crippen LogP contribution in [0.15, 0.2) is 41.3 Å². The van der Waals surface area contributed by atoms with Crippen LogP contribution in [0.3, 0.4) is 0 Å². The van der Waals surface area contributed by atoms with Crippen molar-refractivity contribution in [2.24, 2.45) is 0 Å². The number of carbonyl (C=O) groups is 1. The Morgan fingerprint density at radius 1 is 0.929 bits per heavy atom. The van der Waals surface area contributed by atoms with E-state index >= 15 is 0 Å². The van der Waals surface area contributed by atoms with Crippen molar-refractivity contribution >= 4 is 16.0 Å². The van der Waals surface area contributed by atoms with Crippen molar-refractivity contribution in [1.82, 2.24) is 4.31 Å². The fourth-order valence-electron chi connectivity index (χ4n) is 2.42. The van der Waals surface area contributed by atoms with Gasteiger partial charge in [0.2, 0.25) is 15.8 Å². The molecular weight excluding hydrogens is 386 g/mol. The lowest BCUT2D eigenvalue weighted by Gasteiger charge is -2.14. The summed E-state index contributed by atoms with van der Waals surface area (Å²) in [6.45, 7) is -0.0205. The first kappa shape index (κ1) is 21.5. The zero-order chi connectivity index (χ0) is 20.9. The fraction of sp³-hybridized carbons (Fsp3) is 0.316. The number of sulfonamides is 1. The van der Waals surface area contributed by atoms with Gasteiger partial charge < -0.3 is 18.9 Å². The summed E-state index contributed by atoms with van der Waals surface area (Å²) in [5, 5.41) is 0. The molecule has 0 radical (unpaired) electrons. The molecule has 0 spiro atoms. The maximum absolute atomic E-state index is 12.3. The van der Waals surface area contributed by atoms with Crippen LogP contribution >= 0.6 is 0 Å². The van der Waals surface area contributed by atoms with E-state index in [0.29, 0.717) is 22.8 Å². The predicted molar refractivity (Wildman–Crippen MR) is 103 cm³/mol. The zero-order valence-electron chi connectivity index (χ0n) is 16.4. The summed E-state index contributed by atoms with van der Waals surface area (Å²) >= 11 is 0. The van der Waals surface area contributed by atoms with Crippen molar-refractivity contribution < 1.29 is 32.2 Å². The average molecular weight is 409 g/mol. The van der Waals surface area contributed by atoms with E-state index in [-0.39, 0.29) is 17.1 Å². The highest BCUT2D eigenvalue weighted by molar-refractivity contribution is 7.89. The number of ether oxygens (including phenoxy) is 4. The van der Waals surface area contributed by atoms with Crippen LogP contribution in [0.4, 0.5) is 0 Å². The van der Waals surface area contributed by atoms with E-state index in [4.69, 9.17) is 18.9 Å². The standard InChI is InChI=1S/C19H23NO7S/c1-20(2)28(22,23)15-8-6-14(7-9-15)19(21)27-12-13-10-16(24-3)18(26-5)17(11-13)25-4/h6-11H,12H2,1-5H3. The molecule has 8 nitrogen and oxygen atoms in total. The van der Waals surface area contributed by atoms with Crippen molar-refractivity contribution in [2.45, 2.75) is 11.5 Å². The third-order valence-electron chi connectivity index (χ3n) is 3.96. The van der Waals surface area contributed by atoms with Gasteiger partial charge in [-0.05, 0) is 42.0 Å². The smallest absolute Gasteiger partial charge is 0.338 e. The number of esters is 1. The second-order valence-corrected chi connectivity index (χ2v) is 8.07. The Balaban J connectivity index is 2.14. The lowest BCUT2D eigenvalue weighted by Crippen LogP contribution is -2.22. The number of hydrogen-bond donors (Lipinski definition) is 0. The van der Waals surface area contributed by atoms with Crippen molar-refractivity contribution in [2.75, 3.05) is 35.4 Å². The Kier molecular flexibility index (Phi) is 6.87. The van der Waals surface area contributed by atoms with Crippen molar-refractivity contribution in [1.29, 1.82) is 0 Å². The molecule has 28 heavy (non-hydrogen) atoms. The van der Waals surface area contributed by atoms with E-state index in [2.05, 4.69) is 0 Å². The largest absolute Gasteiger partial charge is 0.493 e. The van der Waals surface area contributed by atoms with E-state index < -0.39 is 16.0 Å². The number of rotatable bonds is 8. The van der Waals surface area contributed by atoms with Crippen LogP contribution in [0.25, 0.3) is 0 Å². The lowest BCUT2D eigenvalue weighted by molar-refractivity contribution is 0.0472. The Hall–Kier alpha value is -2.78. The summed E-state index contributed by atoms with van der Waals surface area (Å²) in [6, 6.07) is 8.92. The van der Waals surface area contributed by atoms with Gasteiger partial charge in [0.15, 0.2) is 11.5 Å². The van der Waals surface area contributed by atoms with Gasteiger partial charge >= 0.3 is 5.97 Å². The van der Waals surface area contributed by atoms with E-state index in [1.807, 2.05) is 0 Å². The van der Waals surface area contributed by atoms with Gasteiger partial charge in [-0.1, -0.05) is 0 Å². The van der Waals surface area contributed by atoms with Crippen LogP contribution in [-0.4, -0.2) is 54.1 Å². The number of methoxy groups -OCH3 is 3. The molecule has 0 aliphatic carbocycles. The Labute approximate surface area is 164 Å². The molecule has 2 aromatic carbocycles. The van der Waals surface area contributed by atoms with Crippen LogP contribution in [-0.2, 0) is 21.4 Å². The molecule has 0 aliphatic heterocycles. The number of carbonyl (C=O) groups excluding carboxylic acids is 1. The zero-order valence-corrected chi connectivity index (χ0v) is 17.2. The average Bonchev–Trinajstić information content (AvgIpc) is 2.70. The summed E-state index contributed by atoms with van der Waals surface area (Å²) in [6.07, 6.45) is 0. The quantitative estimate of drug-likeness (QED) is 0.618. The summed E-state index contributed by atoms with van der Waals surface area (Å²) in [5.41, 5.74) is 0.889. The minimum atomic E-state index is -3.56. The van der Waals surface area contributed by atoms with E-state index in [1.165, 1.54) is 59.7 Å². The van der Waals surface area contributed by atoms with Gasteiger partial charge in [0.1, 0.15) is 6.61 Å². The molecule has 2 rings (SSSR count). The summed E-state index contributed by atoms with van der Waals surface area (Å²) in [7, 11) is 3.82. The molecular formula is C19H23NO7S. The molecule has 0 saturated heterocycles. The molecule has 0 fully saturated rings. The van der Waals surface area contributed by atoms with Gasteiger partial charge in [0.25, 0.3) is 0 Å². The molecule has 0 saturated carbocycles. The Morgan fingerprint density at radius 3 is 1.89 bits per heavy atom. The van der Waals surface area contributed by atoms with Gasteiger partial charge in [-0.25, -0.2) is 17.5 Å². The van der Waals surface area contributed by atoms with E-state index in [1.54, 1.807) is 12.1 Å². The minimum Gasteiger partial charge on any atom is -0.493 e. The van der Waals surface area contributed by atoms with Crippen molar-refractivity contribution in [3.63, 3.8) is 0 Å². The molecule has 2 aromatic rings. The van der Waals surface area contributed by atoms with Crippen LogP contribution in [0, 0.1) is 0 Å². The summed E-state index contributed by atoms with van der Waals surface area (Å²) in [4.78, 5) is 12.4. The normalized spacial score (nSPS) is 11.2. The molecule has 152 valence electrons. The molecule has 0 amide bonds. The lowest BCUT2D eigenvalue weighted by atomic mass is 10.2. The molecule has 0 N–H and O–H groups in total. The first-order valence-corrected chi connectivity index (χ1v) is 9.67. The minimum absolute atomic E-state index is 0.0205. The number of hydrogen-bond acceptors (Lipinski definition) is 7. The molecule has 9 heteroatoms. The van der Waals surface area contributed by atoms with Crippen LogP contribution in [0.1, 0.15) is 15.9 Å². The highest BCUT2D eigenvalue weighted by Gasteiger charge is 2.18. The summed E-state index contributed by atoms with van der Waals surface area (Å²) in [5.74, 6) is 0.762. The third-order valence-corrected chi connectivity index (χ3v) is 5.79. The third kappa shape index (κ3) is 4.55. The van der Waals surface area contributed by atoms with Crippen LogP contribution in [0.2, 0.25) is 0 Å². The van der Waals surface area contributed by atoms with Gasteiger partial charge in [-0.3, -0.25) is 0 Å². The van der Waals surface area contributed by atoms with Crippen LogP contribution < -0.4 is 14.2 Å². The first-order chi connectivity index (χ1) is 13.2. The van der Waals surface area contributed by atoms with Gasteiger partial charge in [0, 0.05) is 14.1 Å². The van der Waals surface area contributed by atoms with Gasteiger partial charge in [0.05, 0.1) is 31.8 Å². The highest BCUT2D eigenvalue weighted by Crippen LogP contribution is 2.38. The maximum atomic E-state index is 12.3. The van der Waals surface area contributed by atoms with Crippen molar-refractivity contribution in [3.05, 3.63) is 47.5 Å². The first-order valence-electron chi connectivity index (χ1n) is 8.23. The van der Waals surface area contributed by atoms with Crippen LogP contribution in [0.5, 0.6) is 17.2 Å². The topological polar surface area (TPSA) is 91.4 Å². The molecule has 0 bridgehead atoms. The molecule has 0 unspecified atom stereocenters. The molecule has 0 aliphatic rings.